The molecular weight excluding hydrogens is 256 g/mol. The quantitative estimate of drug-likeness (QED) is 0.464. The van der Waals surface area contributed by atoms with Crippen LogP contribution in [-0.2, 0) is 4.79 Å². The zero-order chi connectivity index (χ0) is 14.0. The van der Waals surface area contributed by atoms with Crippen molar-refractivity contribution in [1.29, 1.82) is 0 Å². The first-order valence-corrected chi connectivity index (χ1v) is 7.15. The van der Waals surface area contributed by atoms with Crippen LogP contribution in [0.25, 0.3) is 0 Å². The summed E-state index contributed by atoms with van der Waals surface area (Å²) in [4.78, 5) is 22.3. The molecule has 2 amide bonds. The van der Waals surface area contributed by atoms with Crippen molar-refractivity contribution in [2.75, 3.05) is 18.1 Å². The third kappa shape index (κ3) is 8.19. The summed E-state index contributed by atoms with van der Waals surface area (Å²) in [6, 6.07) is -1.57. The summed E-state index contributed by atoms with van der Waals surface area (Å²) in [6.07, 6.45) is 0.840. The zero-order valence-electron chi connectivity index (χ0n) is 10.8. The SMILES string of the molecule is CCSCCC(C)NC(=O)N[C@@H](CCO)C(=O)O. The van der Waals surface area contributed by atoms with Crippen molar-refractivity contribution in [2.24, 2.45) is 0 Å². The molecule has 0 aromatic rings. The molecule has 0 aliphatic heterocycles. The molecule has 7 heteroatoms. The molecule has 0 aliphatic carbocycles. The monoisotopic (exact) mass is 278 g/mol. The number of aliphatic carboxylic acids is 1. The summed E-state index contributed by atoms with van der Waals surface area (Å²) in [6.45, 7) is 3.67. The number of aliphatic hydroxyl groups excluding tert-OH is 1. The zero-order valence-corrected chi connectivity index (χ0v) is 11.6. The highest BCUT2D eigenvalue weighted by Gasteiger charge is 2.19. The van der Waals surface area contributed by atoms with E-state index in [1.165, 1.54) is 0 Å². The van der Waals surface area contributed by atoms with Gasteiger partial charge in [-0.05, 0) is 24.9 Å². The molecule has 4 N–H and O–H groups in total. The second-order valence-electron chi connectivity index (χ2n) is 3.91. The highest BCUT2D eigenvalue weighted by Crippen LogP contribution is 2.03. The Hall–Kier alpha value is -0.950. The van der Waals surface area contributed by atoms with E-state index in [1.807, 2.05) is 6.92 Å². The lowest BCUT2D eigenvalue weighted by Gasteiger charge is -2.17. The number of nitrogens with one attached hydrogen (secondary N) is 2. The van der Waals surface area contributed by atoms with Gasteiger partial charge in [-0.25, -0.2) is 9.59 Å². The molecule has 0 rings (SSSR count). The number of amides is 2. The van der Waals surface area contributed by atoms with E-state index in [9.17, 15) is 9.59 Å². The van der Waals surface area contributed by atoms with E-state index in [1.54, 1.807) is 11.8 Å². The lowest BCUT2D eigenvalue weighted by molar-refractivity contribution is -0.139. The lowest BCUT2D eigenvalue weighted by Crippen LogP contribution is -2.48. The number of carbonyl (C=O) groups is 2. The van der Waals surface area contributed by atoms with Crippen LogP contribution in [0.4, 0.5) is 4.79 Å². The van der Waals surface area contributed by atoms with Crippen molar-refractivity contribution in [2.45, 2.75) is 38.8 Å². The second-order valence-corrected chi connectivity index (χ2v) is 5.30. The van der Waals surface area contributed by atoms with Crippen molar-refractivity contribution in [3.05, 3.63) is 0 Å². The van der Waals surface area contributed by atoms with Crippen LogP contribution >= 0.6 is 11.8 Å². The number of rotatable bonds is 9. The van der Waals surface area contributed by atoms with Gasteiger partial charge in [0, 0.05) is 19.1 Å². The number of urea groups is 1. The first-order valence-electron chi connectivity index (χ1n) is 5.99. The fourth-order valence-corrected chi connectivity index (χ4v) is 2.10. The minimum Gasteiger partial charge on any atom is -0.480 e. The summed E-state index contributed by atoms with van der Waals surface area (Å²) in [5.41, 5.74) is 0. The van der Waals surface area contributed by atoms with Crippen molar-refractivity contribution in [3.8, 4) is 0 Å². The molecule has 0 saturated heterocycles. The normalized spacial score (nSPS) is 13.7. The van der Waals surface area contributed by atoms with Crippen LogP contribution in [0, 0.1) is 0 Å². The Balaban J connectivity index is 3.96. The first-order chi connectivity index (χ1) is 8.51. The summed E-state index contributed by atoms with van der Waals surface area (Å²) in [7, 11) is 0. The number of carbonyl (C=O) groups excluding carboxylic acids is 1. The van der Waals surface area contributed by atoms with Gasteiger partial charge in [-0.1, -0.05) is 6.92 Å². The van der Waals surface area contributed by atoms with Gasteiger partial charge >= 0.3 is 12.0 Å². The maximum atomic E-state index is 11.5. The van der Waals surface area contributed by atoms with E-state index < -0.39 is 18.0 Å². The van der Waals surface area contributed by atoms with E-state index in [-0.39, 0.29) is 19.1 Å². The van der Waals surface area contributed by atoms with Crippen LogP contribution in [0.1, 0.15) is 26.7 Å². The molecular formula is C11H22N2O4S. The third-order valence-electron chi connectivity index (χ3n) is 2.30. The average molecular weight is 278 g/mol. The van der Waals surface area contributed by atoms with Gasteiger partial charge < -0.3 is 20.8 Å². The maximum absolute atomic E-state index is 11.5. The highest BCUT2D eigenvalue weighted by atomic mass is 32.2. The molecule has 18 heavy (non-hydrogen) atoms. The molecule has 0 bridgehead atoms. The number of thioether (sulfide) groups is 1. The van der Waals surface area contributed by atoms with Crippen LogP contribution in [0.3, 0.4) is 0 Å². The molecule has 0 aromatic heterocycles. The fraction of sp³-hybridized carbons (Fsp3) is 0.818. The molecule has 1 unspecified atom stereocenters. The van der Waals surface area contributed by atoms with Gasteiger partial charge in [0.2, 0.25) is 0 Å². The topological polar surface area (TPSA) is 98.7 Å². The van der Waals surface area contributed by atoms with Crippen LogP contribution in [-0.4, -0.2) is 52.4 Å². The van der Waals surface area contributed by atoms with Crippen molar-refractivity contribution in [1.82, 2.24) is 10.6 Å². The maximum Gasteiger partial charge on any atom is 0.326 e. The minimum absolute atomic E-state index is 0.00280. The molecule has 0 aromatic carbocycles. The van der Waals surface area contributed by atoms with Gasteiger partial charge in [0.25, 0.3) is 0 Å². The third-order valence-corrected chi connectivity index (χ3v) is 3.23. The van der Waals surface area contributed by atoms with Crippen molar-refractivity contribution in [3.63, 3.8) is 0 Å². The van der Waals surface area contributed by atoms with Gasteiger partial charge in [-0.2, -0.15) is 11.8 Å². The summed E-state index contributed by atoms with van der Waals surface area (Å²) >= 11 is 1.79. The van der Waals surface area contributed by atoms with Gasteiger partial charge in [-0.3, -0.25) is 0 Å². The number of hydrogen-bond acceptors (Lipinski definition) is 4. The van der Waals surface area contributed by atoms with Gasteiger partial charge in [0.05, 0.1) is 0 Å². The Labute approximate surface area is 112 Å². The highest BCUT2D eigenvalue weighted by molar-refractivity contribution is 7.99. The van der Waals surface area contributed by atoms with E-state index in [0.29, 0.717) is 0 Å². The van der Waals surface area contributed by atoms with Crippen LogP contribution < -0.4 is 10.6 Å². The van der Waals surface area contributed by atoms with E-state index in [0.717, 1.165) is 17.9 Å². The molecule has 106 valence electrons. The predicted molar refractivity (Wildman–Crippen MR) is 71.9 cm³/mol. The van der Waals surface area contributed by atoms with Crippen LogP contribution in [0.15, 0.2) is 0 Å². The second kappa shape index (κ2) is 10.0. The Morgan fingerprint density at radius 2 is 1.94 bits per heavy atom. The minimum atomic E-state index is -1.15. The van der Waals surface area contributed by atoms with Crippen LogP contribution in [0.5, 0.6) is 0 Å². The van der Waals surface area contributed by atoms with E-state index in [2.05, 4.69) is 17.6 Å². The molecule has 0 saturated carbocycles. The number of carboxylic acids is 1. The molecule has 0 aliphatic rings. The van der Waals surface area contributed by atoms with Gasteiger partial charge in [0.1, 0.15) is 6.04 Å². The molecule has 0 spiro atoms. The largest absolute Gasteiger partial charge is 0.480 e. The standard InChI is InChI=1S/C11H22N2O4S/c1-3-18-7-5-8(2)12-11(17)13-9(4-6-14)10(15)16/h8-9,14H,3-7H2,1-2H3,(H,15,16)(H2,12,13,17)/t8?,9-/m0/s1. The van der Waals surface area contributed by atoms with Crippen LogP contribution in [0.2, 0.25) is 0 Å². The average Bonchev–Trinajstić information content (AvgIpc) is 2.28. The van der Waals surface area contributed by atoms with Gasteiger partial charge in [0.15, 0.2) is 0 Å². The molecule has 2 atom stereocenters. The molecule has 0 fully saturated rings. The fourth-order valence-electron chi connectivity index (χ4n) is 1.29. The number of carboxylic acid groups (broad SMARTS) is 1. The molecule has 6 nitrogen and oxygen atoms in total. The van der Waals surface area contributed by atoms with E-state index in [4.69, 9.17) is 10.2 Å². The van der Waals surface area contributed by atoms with Gasteiger partial charge in [-0.15, -0.1) is 0 Å². The Morgan fingerprint density at radius 3 is 2.44 bits per heavy atom. The Morgan fingerprint density at radius 1 is 1.28 bits per heavy atom. The molecule has 0 radical (unpaired) electrons. The Kier molecular flexibility index (Phi) is 9.49. The lowest BCUT2D eigenvalue weighted by atomic mass is 10.2. The molecule has 0 heterocycles. The summed E-state index contributed by atoms with van der Waals surface area (Å²) < 4.78 is 0. The summed E-state index contributed by atoms with van der Waals surface area (Å²) in [5, 5.41) is 22.5. The number of hydrogen-bond donors (Lipinski definition) is 4. The Bertz CT molecular complexity index is 263. The predicted octanol–water partition coefficient (Wildman–Crippen LogP) is 0.653. The smallest absolute Gasteiger partial charge is 0.326 e. The first kappa shape index (κ1) is 17.1. The number of aliphatic hydroxyl groups is 1. The van der Waals surface area contributed by atoms with E-state index >= 15 is 0 Å². The van der Waals surface area contributed by atoms with Crippen molar-refractivity contribution >= 4 is 23.8 Å². The van der Waals surface area contributed by atoms with Crippen molar-refractivity contribution < 1.29 is 19.8 Å². The summed E-state index contributed by atoms with van der Waals surface area (Å²) in [5.74, 6) is 0.848.